The quantitative estimate of drug-likeness (QED) is 0.321. The van der Waals surface area contributed by atoms with E-state index in [4.69, 9.17) is 9.16 Å². The molecule has 0 N–H and O–H groups in total. The van der Waals surface area contributed by atoms with Crippen molar-refractivity contribution < 1.29 is 14.0 Å². The minimum Gasteiger partial charge on any atom is -0.456 e. The van der Waals surface area contributed by atoms with Gasteiger partial charge >= 0.3 is 5.97 Å². The topological polar surface area (TPSA) is 35.5 Å². The van der Waals surface area contributed by atoms with Gasteiger partial charge in [0.2, 0.25) is 0 Å². The number of carbonyl (C=O) groups excluding carboxylic acids is 1. The summed E-state index contributed by atoms with van der Waals surface area (Å²) in [6.45, 7) is 19.9. The molecule has 1 rings (SSSR count). The van der Waals surface area contributed by atoms with Gasteiger partial charge in [0.25, 0.3) is 0 Å². The van der Waals surface area contributed by atoms with Gasteiger partial charge < -0.3 is 9.16 Å². The van der Waals surface area contributed by atoms with E-state index >= 15 is 0 Å². The first-order chi connectivity index (χ1) is 11.4. The van der Waals surface area contributed by atoms with Gasteiger partial charge in [-0.2, -0.15) is 0 Å². The Bertz CT molecular complexity index is 514. The molecule has 4 atom stereocenters. The zero-order valence-corrected chi connectivity index (χ0v) is 18.7. The normalized spacial score (nSPS) is 24.8. The number of hydrogen-bond acceptors (Lipinski definition) is 3. The molecule has 3 nitrogen and oxygen atoms in total. The van der Waals surface area contributed by atoms with E-state index in [2.05, 4.69) is 67.6 Å². The van der Waals surface area contributed by atoms with Crippen molar-refractivity contribution in [1.82, 2.24) is 0 Å². The average Bonchev–Trinajstić information content (AvgIpc) is 2.47. The van der Waals surface area contributed by atoms with E-state index in [0.29, 0.717) is 5.92 Å². The van der Waals surface area contributed by atoms with Crippen molar-refractivity contribution in [2.75, 3.05) is 0 Å². The summed E-state index contributed by atoms with van der Waals surface area (Å²) in [5.74, 6) is 0.580. The Balaban J connectivity index is 2.86. The molecule has 0 unspecified atom stereocenters. The summed E-state index contributed by atoms with van der Waals surface area (Å²) in [6.07, 6.45) is 7.39. The highest BCUT2D eigenvalue weighted by Crippen LogP contribution is 2.39. The minimum absolute atomic E-state index is 0.131. The van der Waals surface area contributed by atoms with Crippen LogP contribution in [0.15, 0.2) is 23.8 Å². The molecule has 1 aliphatic rings. The van der Waals surface area contributed by atoms with Crippen LogP contribution in [0.25, 0.3) is 0 Å². The third kappa shape index (κ3) is 6.41. The second-order valence-electron chi connectivity index (χ2n) is 9.26. The summed E-state index contributed by atoms with van der Waals surface area (Å²) in [4.78, 5) is 11.8. The maximum absolute atomic E-state index is 11.8. The van der Waals surface area contributed by atoms with E-state index in [9.17, 15) is 4.79 Å². The number of ether oxygens (including phenoxy) is 1. The summed E-state index contributed by atoms with van der Waals surface area (Å²) in [7, 11) is -1.93. The van der Waals surface area contributed by atoms with Crippen LogP contribution >= 0.6 is 0 Å². The van der Waals surface area contributed by atoms with Crippen molar-refractivity contribution in [3.8, 4) is 0 Å². The lowest BCUT2D eigenvalue weighted by Crippen LogP contribution is -2.50. The maximum atomic E-state index is 11.8. The Morgan fingerprint density at radius 3 is 2.48 bits per heavy atom. The Kier molecular flexibility index (Phi) is 7.69. The van der Waals surface area contributed by atoms with Crippen LogP contribution in [0.4, 0.5) is 0 Å². The van der Waals surface area contributed by atoms with Gasteiger partial charge in [-0.15, -0.1) is 0 Å². The summed E-state index contributed by atoms with van der Waals surface area (Å²) < 4.78 is 12.3. The van der Waals surface area contributed by atoms with E-state index < -0.39 is 8.32 Å². The van der Waals surface area contributed by atoms with E-state index in [1.807, 2.05) is 6.08 Å². The summed E-state index contributed by atoms with van der Waals surface area (Å²) in [6, 6.07) is 0. The van der Waals surface area contributed by atoms with Crippen LogP contribution in [0, 0.1) is 11.8 Å². The van der Waals surface area contributed by atoms with Crippen LogP contribution in [0.1, 0.15) is 61.3 Å². The lowest BCUT2D eigenvalue weighted by Gasteiger charge is -2.42. The van der Waals surface area contributed by atoms with Crippen molar-refractivity contribution in [2.24, 2.45) is 11.8 Å². The van der Waals surface area contributed by atoms with Gasteiger partial charge in [-0.05, 0) is 62.7 Å². The first-order valence-electron chi connectivity index (χ1n) is 9.55. The molecule has 0 aromatic heterocycles. The highest BCUT2D eigenvalue weighted by Gasteiger charge is 2.43. The monoisotopic (exact) mass is 366 g/mol. The van der Waals surface area contributed by atoms with Crippen molar-refractivity contribution in [3.05, 3.63) is 23.8 Å². The molecule has 4 heteroatoms. The van der Waals surface area contributed by atoms with Gasteiger partial charge in [0.15, 0.2) is 8.32 Å². The number of hydrogen-bond donors (Lipinski definition) is 0. The second-order valence-corrected chi connectivity index (χ2v) is 14.0. The Labute approximate surface area is 156 Å². The molecule has 0 spiro atoms. The van der Waals surface area contributed by atoms with Crippen molar-refractivity contribution in [3.63, 3.8) is 0 Å². The van der Waals surface area contributed by atoms with Crippen LogP contribution in [-0.4, -0.2) is 26.5 Å². The Hall–Kier alpha value is -0.873. The SMILES string of the molecule is C/C=C(\C)C[C@H](C)C[C@H](C)[C@H]1OC(=O)C=C[C@H]1O[Si](C)(C)C(C)(C)C. The first-order valence-corrected chi connectivity index (χ1v) is 12.5. The zero-order chi connectivity index (χ0) is 19.4. The molecule has 0 saturated carbocycles. The largest absolute Gasteiger partial charge is 0.456 e. The average molecular weight is 367 g/mol. The summed E-state index contributed by atoms with van der Waals surface area (Å²) in [5.41, 5.74) is 1.41. The lowest BCUT2D eigenvalue weighted by atomic mass is 9.86. The predicted octanol–water partition coefficient (Wildman–Crippen LogP) is 5.88. The van der Waals surface area contributed by atoms with E-state index in [1.54, 1.807) is 0 Å². The van der Waals surface area contributed by atoms with Gasteiger partial charge in [-0.3, -0.25) is 0 Å². The fourth-order valence-electron chi connectivity index (χ4n) is 3.11. The van der Waals surface area contributed by atoms with E-state index in [-0.39, 0.29) is 29.1 Å². The van der Waals surface area contributed by atoms with Crippen molar-refractivity contribution >= 4 is 14.3 Å². The molecule has 0 bridgehead atoms. The number of rotatable bonds is 7. The molecule has 0 radical (unpaired) electrons. The summed E-state index contributed by atoms with van der Waals surface area (Å²) >= 11 is 0. The molecular formula is C21H38O3Si. The molecule has 0 saturated heterocycles. The molecule has 1 heterocycles. The Morgan fingerprint density at radius 2 is 1.96 bits per heavy atom. The van der Waals surface area contributed by atoms with Crippen LogP contribution in [0.3, 0.4) is 0 Å². The molecule has 0 aromatic rings. The first kappa shape index (κ1) is 22.2. The molecular weight excluding hydrogens is 328 g/mol. The highest BCUT2D eigenvalue weighted by molar-refractivity contribution is 6.74. The third-order valence-corrected chi connectivity index (χ3v) is 10.2. The van der Waals surface area contributed by atoms with Crippen LogP contribution in [-0.2, 0) is 14.0 Å². The number of carbonyl (C=O) groups is 1. The molecule has 0 aromatic carbocycles. The Morgan fingerprint density at radius 1 is 1.36 bits per heavy atom. The van der Waals surface area contributed by atoms with Crippen LogP contribution in [0.5, 0.6) is 0 Å². The minimum atomic E-state index is -1.93. The molecule has 1 aliphatic heterocycles. The smallest absolute Gasteiger partial charge is 0.330 e. The highest BCUT2D eigenvalue weighted by atomic mass is 28.4. The number of allylic oxidation sites excluding steroid dienone is 2. The van der Waals surface area contributed by atoms with E-state index in [0.717, 1.165) is 12.8 Å². The standard InChI is InChI=1S/C21H38O3Si/c1-10-15(2)13-16(3)14-17(4)20-18(11-12-19(22)23-20)24-25(8,9)21(5,6)7/h10-12,16-18,20H,13-14H2,1-9H3/b15-10+/t16-,17-,18+,20+/m0/s1. The zero-order valence-electron chi connectivity index (χ0n) is 17.7. The maximum Gasteiger partial charge on any atom is 0.330 e. The number of cyclic esters (lactones) is 1. The molecule has 144 valence electrons. The third-order valence-electron chi connectivity index (χ3n) is 5.73. The molecule has 0 fully saturated rings. The van der Waals surface area contributed by atoms with Gasteiger partial charge in [-0.25, -0.2) is 4.79 Å². The summed E-state index contributed by atoms with van der Waals surface area (Å²) in [5, 5.41) is 0.131. The fraction of sp³-hybridized carbons (Fsp3) is 0.762. The van der Waals surface area contributed by atoms with Crippen LogP contribution in [0.2, 0.25) is 18.1 Å². The second kappa shape index (κ2) is 8.68. The van der Waals surface area contributed by atoms with Gasteiger partial charge in [0, 0.05) is 6.08 Å². The van der Waals surface area contributed by atoms with Gasteiger partial charge in [0.1, 0.15) is 12.2 Å². The van der Waals surface area contributed by atoms with Gasteiger partial charge in [0.05, 0.1) is 0 Å². The fourth-order valence-corrected chi connectivity index (χ4v) is 4.35. The van der Waals surface area contributed by atoms with Crippen LogP contribution < -0.4 is 0 Å². The van der Waals surface area contributed by atoms with Crippen molar-refractivity contribution in [2.45, 2.75) is 91.6 Å². The molecule has 0 aliphatic carbocycles. The predicted molar refractivity (Wildman–Crippen MR) is 108 cm³/mol. The lowest BCUT2D eigenvalue weighted by molar-refractivity contribution is -0.153. The van der Waals surface area contributed by atoms with E-state index in [1.165, 1.54) is 11.6 Å². The molecule has 25 heavy (non-hydrogen) atoms. The molecule has 0 amide bonds. The van der Waals surface area contributed by atoms with Crippen molar-refractivity contribution in [1.29, 1.82) is 0 Å². The number of esters is 1. The van der Waals surface area contributed by atoms with Gasteiger partial charge in [-0.1, -0.05) is 46.3 Å².